The zero-order chi connectivity index (χ0) is 17.7. The summed E-state index contributed by atoms with van der Waals surface area (Å²) in [4.78, 5) is 17.3. The molecule has 2 aromatic heterocycles. The third kappa shape index (κ3) is 2.20. The van der Waals surface area contributed by atoms with Gasteiger partial charge < -0.3 is 9.73 Å². The molecule has 0 amide bonds. The first-order valence-electron chi connectivity index (χ1n) is 8.43. The number of benzene rings is 1. The lowest BCUT2D eigenvalue weighted by atomic mass is 9.79. The van der Waals surface area contributed by atoms with E-state index in [1.165, 1.54) is 12.4 Å². The monoisotopic (exact) mass is 350 g/mol. The molecule has 0 spiro atoms. The number of carbonyl (C=O) groups is 1. The van der Waals surface area contributed by atoms with E-state index in [0.717, 1.165) is 11.5 Å². The Labute approximate surface area is 148 Å². The second-order valence-corrected chi connectivity index (χ2v) is 6.51. The fraction of sp³-hybridized carbons (Fsp3) is 0.211. The van der Waals surface area contributed by atoms with Crippen LogP contribution in [0.2, 0.25) is 0 Å². The molecule has 5 rings (SSSR count). The van der Waals surface area contributed by atoms with Gasteiger partial charge >= 0.3 is 0 Å². The molecule has 0 radical (unpaired) electrons. The van der Waals surface area contributed by atoms with E-state index in [-0.39, 0.29) is 17.5 Å². The summed E-state index contributed by atoms with van der Waals surface area (Å²) in [6, 6.07) is 9.55. The molecular weight excluding hydrogens is 335 g/mol. The van der Waals surface area contributed by atoms with E-state index < -0.39 is 6.04 Å². The van der Waals surface area contributed by atoms with Crippen LogP contribution >= 0.6 is 0 Å². The largest absolute Gasteiger partial charge is 0.469 e. The number of carbonyl (C=O) groups excluding carboxylic acids is 1. The normalized spacial score (nSPS) is 22.0. The van der Waals surface area contributed by atoms with Crippen molar-refractivity contribution < 1.29 is 13.6 Å². The van der Waals surface area contributed by atoms with Gasteiger partial charge in [0.25, 0.3) is 0 Å². The van der Waals surface area contributed by atoms with Crippen LogP contribution in [0.1, 0.15) is 36.1 Å². The minimum atomic E-state index is -0.616. The number of rotatable bonds is 2. The van der Waals surface area contributed by atoms with Crippen molar-refractivity contribution in [2.45, 2.75) is 24.8 Å². The molecule has 1 aliphatic heterocycles. The predicted octanol–water partition coefficient (Wildman–Crippen LogP) is 3.43. The maximum Gasteiger partial charge on any atom is 0.226 e. The summed E-state index contributed by atoms with van der Waals surface area (Å²) in [5, 5.41) is 7.43. The van der Waals surface area contributed by atoms with E-state index in [0.29, 0.717) is 29.9 Å². The third-order valence-corrected chi connectivity index (χ3v) is 5.01. The number of nitrogens with one attached hydrogen (secondary N) is 1. The number of Topliss-reactive ketones (excluding diaryl/α,β-unsaturated/α-hetero) is 1. The highest BCUT2D eigenvalue weighted by Gasteiger charge is 2.40. The topological polar surface area (TPSA) is 73.0 Å². The van der Waals surface area contributed by atoms with Crippen molar-refractivity contribution in [2.24, 2.45) is 0 Å². The predicted molar refractivity (Wildman–Crippen MR) is 90.9 cm³/mol. The number of halogens is 1. The first kappa shape index (κ1) is 15.1. The van der Waals surface area contributed by atoms with Gasteiger partial charge in [0.2, 0.25) is 5.95 Å². The fourth-order valence-corrected chi connectivity index (χ4v) is 3.86. The summed E-state index contributed by atoms with van der Waals surface area (Å²) in [5.74, 6) is 0.841. The lowest BCUT2D eigenvalue weighted by molar-refractivity contribution is -0.117. The summed E-state index contributed by atoms with van der Waals surface area (Å²) < 4.78 is 21.6. The Morgan fingerprint density at radius 1 is 1.19 bits per heavy atom. The number of allylic oxidation sites excluding steroid dienone is 2. The smallest absolute Gasteiger partial charge is 0.226 e. The molecule has 0 bridgehead atoms. The fourth-order valence-electron chi connectivity index (χ4n) is 3.86. The van der Waals surface area contributed by atoms with Gasteiger partial charge in [0, 0.05) is 29.2 Å². The SMILES string of the molecule is O=C1CC(c2ccco2)CC2=C1C(c1ccccc1F)n1ncnc1N2. The molecule has 6 nitrogen and oxygen atoms in total. The Balaban J connectivity index is 1.65. The van der Waals surface area contributed by atoms with E-state index in [1.807, 2.05) is 12.1 Å². The zero-order valence-electron chi connectivity index (χ0n) is 13.7. The van der Waals surface area contributed by atoms with Gasteiger partial charge in [-0.2, -0.15) is 10.1 Å². The summed E-state index contributed by atoms with van der Waals surface area (Å²) in [6.07, 6.45) is 3.94. The van der Waals surface area contributed by atoms with Gasteiger partial charge in [-0.1, -0.05) is 18.2 Å². The number of furan rings is 1. The van der Waals surface area contributed by atoms with Crippen LogP contribution in [-0.4, -0.2) is 20.5 Å². The first-order chi connectivity index (χ1) is 12.7. The Bertz CT molecular complexity index is 1020. The van der Waals surface area contributed by atoms with Gasteiger partial charge in [-0.25, -0.2) is 9.07 Å². The van der Waals surface area contributed by atoms with Crippen molar-refractivity contribution in [1.29, 1.82) is 0 Å². The lowest BCUT2D eigenvalue weighted by Gasteiger charge is -2.34. The molecule has 2 atom stereocenters. The number of anilines is 1. The second kappa shape index (κ2) is 5.66. The van der Waals surface area contributed by atoms with Gasteiger partial charge in [-0.05, 0) is 24.6 Å². The summed E-state index contributed by atoms with van der Waals surface area (Å²) >= 11 is 0. The number of nitrogens with zero attached hydrogens (tertiary/aromatic N) is 3. The average molecular weight is 350 g/mol. The highest BCUT2D eigenvalue weighted by Crippen LogP contribution is 2.44. The van der Waals surface area contributed by atoms with Crippen molar-refractivity contribution in [1.82, 2.24) is 14.8 Å². The Morgan fingerprint density at radius 3 is 2.88 bits per heavy atom. The minimum absolute atomic E-state index is 0.0328. The number of fused-ring (bicyclic) bond motifs is 1. The lowest BCUT2D eigenvalue weighted by Crippen LogP contribution is -2.33. The molecule has 7 heteroatoms. The van der Waals surface area contributed by atoms with Gasteiger partial charge in [0.05, 0.1) is 6.26 Å². The molecule has 2 aliphatic rings. The van der Waals surface area contributed by atoms with Crippen LogP contribution in [0.5, 0.6) is 0 Å². The molecule has 26 heavy (non-hydrogen) atoms. The van der Waals surface area contributed by atoms with Crippen molar-refractivity contribution in [3.05, 3.63) is 77.4 Å². The van der Waals surface area contributed by atoms with Crippen LogP contribution in [-0.2, 0) is 4.79 Å². The molecule has 0 saturated carbocycles. The van der Waals surface area contributed by atoms with Crippen LogP contribution in [0.3, 0.4) is 0 Å². The quantitative estimate of drug-likeness (QED) is 0.767. The molecule has 3 aromatic rings. The van der Waals surface area contributed by atoms with E-state index in [9.17, 15) is 9.18 Å². The first-order valence-corrected chi connectivity index (χ1v) is 8.43. The summed E-state index contributed by atoms with van der Waals surface area (Å²) in [5.41, 5.74) is 1.73. The van der Waals surface area contributed by atoms with Gasteiger partial charge in [0.1, 0.15) is 23.9 Å². The second-order valence-electron chi connectivity index (χ2n) is 6.51. The molecule has 1 aromatic carbocycles. The number of hydrogen-bond acceptors (Lipinski definition) is 5. The van der Waals surface area contributed by atoms with E-state index in [4.69, 9.17) is 4.42 Å². The van der Waals surface area contributed by atoms with Crippen LogP contribution in [0.25, 0.3) is 0 Å². The molecule has 0 fully saturated rings. The number of hydrogen-bond donors (Lipinski definition) is 1. The zero-order valence-corrected chi connectivity index (χ0v) is 13.7. The van der Waals surface area contributed by atoms with Gasteiger partial charge in [0.15, 0.2) is 5.78 Å². The van der Waals surface area contributed by atoms with Crippen molar-refractivity contribution >= 4 is 11.7 Å². The standard InChI is InChI=1S/C19H15FN4O2/c20-13-5-2-1-4-12(13)18-17-14(23-19-21-10-22-24(18)19)8-11(9-15(17)25)16-6-3-7-26-16/h1-7,10-11,18H,8-9H2,(H,21,22,23). The Morgan fingerprint density at radius 2 is 2.08 bits per heavy atom. The highest BCUT2D eigenvalue weighted by atomic mass is 19.1. The van der Waals surface area contributed by atoms with Crippen LogP contribution in [0, 0.1) is 5.82 Å². The molecule has 1 N–H and O–H groups in total. The van der Waals surface area contributed by atoms with Crippen molar-refractivity contribution in [2.75, 3.05) is 5.32 Å². The molecular formula is C19H15FN4O2. The maximum absolute atomic E-state index is 14.5. The van der Waals surface area contributed by atoms with E-state index in [2.05, 4.69) is 15.4 Å². The van der Waals surface area contributed by atoms with Crippen LogP contribution in [0.15, 0.2) is 64.7 Å². The molecule has 0 saturated heterocycles. The molecule has 2 unspecified atom stereocenters. The van der Waals surface area contributed by atoms with Gasteiger partial charge in [-0.15, -0.1) is 0 Å². The van der Waals surface area contributed by atoms with E-state index >= 15 is 0 Å². The van der Waals surface area contributed by atoms with Gasteiger partial charge in [-0.3, -0.25) is 4.79 Å². The number of ketones is 1. The molecule has 1 aliphatic carbocycles. The third-order valence-electron chi connectivity index (χ3n) is 5.01. The van der Waals surface area contributed by atoms with Crippen LogP contribution < -0.4 is 5.32 Å². The highest BCUT2D eigenvalue weighted by molar-refractivity contribution is 6.00. The number of aromatic nitrogens is 3. The summed E-state index contributed by atoms with van der Waals surface area (Å²) in [7, 11) is 0. The molecule has 3 heterocycles. The van der Waals surface area contributed by atoms with Crippen LogP contribution in [0.4, 0.5) is 10.3 Å². The maximum atomic E-state index is 14.5. The minimum Gasteiger partial charge on any atom is -0.469 e. The Hall–Kier alpha value is -3.22. The Kier molecular flexibility index (Phi) is 3.28. The van der Waals surface area contributed by atoms with E-state index in [1.54, 1.807) is 29.1 Å². The average Bonchev–Trinajstić information content (AvgIpc) is 3.32. The summed E-state index contributed by atoms with van der Waals surface area (Å²) in [6.45, 7) is 0. The molecule has 130 valence electrons. The van der Waals surface area contributed by atoms with Crippen molar-refractivity contribution in [3.8, 4) is 0 Å². The van der Waals surface area contributed by atoms with Crippen molar-refractivity contribution in [3.63, 3.8) is 0 Å².